The summed E-state index contributed by atoms with van der Waals surface area (Å²) in [5.41, 5.74) is 2.20. The SMILES string of the molecule is Cc1ccc(CNC(=O)NC2CCCc3c2cnn3CCO)s1. The maximum Gasteiger partial charge on any atom is 0.315 e. The minimum Gasteiger partial charge on any atom is -0.394 e. The van der Waals surface area contributed by atoms with Crippen molar-refractivity contribution in [3.05, 3.63) is 39.3 Å². The number of carbonyl (C=O) groups excluding carboxylic acids is 1. The Morgan fingerprint density at radius 3 is 3.13 bits per heavy atom. The van der Waals surface area contributed by atoms with Crippen LogP contribution in [0.1, 0.15) is 39.9 Å². The fraction of sp³-hybridized carbons (Fsp3) is 0.500. The standard InChI is InChI=1S/C16H22N4O2S/c1-11-5-6-12(23-11)9-17-16(22)19-14-3-2-4-15-13(14)10-18-20(15)7-8-21/h5-6,10,14,21H,2-4,7-9H2,1H3,(H2,17,19,22). The van der Waals surface area contributed by atoms with Crippen molar-refractivity contribution in [2.45, 2.75) is 45.3 Å². The second-order valence-corrected chi connectivity index (χ2v) is 7.15. The van der Waals surface area contributed by atoms with Gasteiger partial charge in [-0.3, -0.25) is 4.68 Å². The number of urea groups is 1. The quantitative estimate of drug-likeness (QED) is 0.784. The van der Waals surface area contributed by atoms with E-state index in [2.05, 4.69) is 28.7 Å². The number of nitrogens with zero attached hydrogens (tertiary/aromatic N) is 2. The van der Waals surface area contributed by atoms with Crippen LogP contribution in [-0.2, 0) is 19.5 Å². The molecule has 7 heteroatoms. The number of amides is 2. The molecule has 0 spiro atoms. The molecule has 0 saturated heterocycles. The van der Waals surface area contributed by atoms with E-state index in [1.165, 1.54) is 4.88 Å². The molecule has 3 N–H and O–H groups in total. The summed E-state index contributed by atoms with van der Waals surface area (Å²) in [7, 11) is 0. The molecule has 0 aliphatic heterocycles. The third-order valence-electron chi connectivity index (χ3n) is 4.10. The highest BCUT2D eigenvalue weighted by Gasteiger charge is 2.25. The highest BCUT2D eigenvalue weighted by molar-refractivity contribution is 7.11. The molecule has 1 aliphatic carbocycles. The van der Waals surface area contributed by atoms with Gasteiger partial charge in [-0.25, -0.2) is 4.79 Å². The van der Waals surface area contributed by atoms with Gasteiger partial charge >= 0.3 is 6.03 Å². The van der Waals surface area contributed by atoms with E-state index in [1.807, 2.05) is 16.9 Å². The van der Waals surface area contributed by atoms with Gasteiger partial charge in [0.15, 0.2) is 0 Å². The van der Waals surface area contributed by atoms with Crippen LogP contribution in [0, 0.1) is 6.92 Å². The molecule has 0 radical (unpaired) electrons. The Kier molecular flexibility index (Phi) is 4.97. The van der Waals surface area contributed by atoms with Gasteiger partial charge in [-0.15, -0.1) is 11.3 Å². The van der Waals surface area contributed by atoms with E-state index in [-0.39, 0.29) is 18.7 Å². The molecule has 2 aromatic heterocycles. The molecule has 2 aromatic rings. The zero-order valence-corrected chi connectivity index (χ0v) is 14.0. The second-order valence-electron chi connectivity index (χ2n) is 5.78. The molecular formula is C16H22N4O2S. The summed E-state index contributed by atoms with van der Waals surface area (Å²) in [6, 6.07) is 3.94. The van der Waals surface area contributed by atoms with Crippen molar-refractivity contribution in [1.29, 1.82) is 0 Å². The smallest absolute Gasteiger partial charge is 0.315 e. The Labute approximate surface area is 139 Å². The lowest BCUT2D eigenvalue weighted by Gasteiger charge is -2.24. The maximum absolute atomic E-state index is 12.1. The van der Waals surface area contributed by atoms with Crippen LogP contribution >= 0.6 is 11.3 Å². The zero-order valence-electron chi connectivity index (χ0n) is 13.2. The molecule has 6 nitrogen and oxygen atoms in total. The zero-order chi connectivity index (χ0) is 16.2. The lowest BCUT2D eigenvalue weighted by atomic mass is 9.93. The van der Waals surface area contributed by atoms with Gasteiger partial charge in [-0.05, 0) is 38.3 Å². The molecule has 1 unspecified atom stereocenters. The summed E-state index contributed by atoms with van der Waals surface area (Å²) in [6.07, 6.45) is 4.70. The highest BCUT2D eigenvalue weighted by Crippen LogP contribution is 2.29. The first kappa shape index (κ1) is 16.0. The normalized spacial score (nSPS) is 16.9. The van der Waals surface area contributed by atoms with Crippen molar-refractivity contribution >= 4 is 17.4 Å². The van der Waals surface area contributed by atoms with Gasteiger partial charge in [0.2, 0.25) is 0 Å². The summed E-state index contributed by atoms with van der Waals surface area (Å²) in [5, 5.41) is 19.4. The first-order chi connectivity index (χ1) is 11.2. The van der Waals surface area contributed by atoms with Gasteiger partial charge in [0.25, 0.3) is 0 Å². The lowest BCUT2D eigenvalue weighted by Crippen LogP contribution is -2.38. The molecule has 3 rings (SSSR count). The van der Waals surface area contributed by atoms with Crippen molar-refractivity contribution in [1.82, 2.24) is 20.4 Å². The number of aryl methyl sites for hydroxylation is 1. The largest absolute Gasteiger partial charge is 0.394 e. The van der Waals surface area contributed by atoms with Crippen LogP contribution in [0.15, 0.2) is 18.3 Å². The topological polar surface area (TPSA) is 79.2 Å². The second kappa shape index (κ2) is 7.14. The molecule has 1 aliphatic rings. The van der Waals surface area contributed by atoms with Gasteiger partial charge in [0.1, 0.15) is 0 Å². The molecule has 1 atom stereocenters. The number of carbonyl (C=O) groups is 1. The molecule has 0 bridgehead atoms. The van der Waals surface area contributed by atoms with E-state index >= 15 is 0 Å². The highest BCUT2D eigenvalue weighted by atomic mass is 32.1. The number of fused-ring (bicyclic) bond motifs is 1. The first-order valence-electron chi connectivity index (χ1n) is 7.92. The van der Waals surface area contributed by atoms with Crippen LogP contribution in [0.2, 0.25) is 0 Å². The molecule has 124 valence electrons. The van der Waals surface area contributed by atoms with E-state index in [1.54, 1.807) is 11.3 Å². The van der Waals surface area contributed by atoms with Crippen LogP contribution < -0.4 is 10.6 Å². The van der Waals surface area contributed by atoms with Crippen molar-refractivity contribution in [3.63, 3.8) is 0 Å². The summed E-state index contributed by atoms with van der Waals surface area (Å²) in [6.45, 7) is 3.19. The third kappa shape index (κ3) is 3.73. The number of aliphatic hydroxyl groups is 1. The third-order valence-corrected chi connectivity index (χ3v) is 5.10. The van der Waals surface area contributed by atoms with E-state index in [0.29, 0.717) is 13.1 Å². The van der Waals surface area contributed by atoms with Crippen LogP contribution in [0.25, 0.3) is 0 Å². The fourth-order valence-corrected chi connectivity index (χ4v) is 3.84. The van der Waals surface area contributed by atoms with Crippen molar-refractivity contribution in [2.24, 2.45) is 0 Å². The number of hydrogen-bond donors (Lipinski definition) is 3. The predicted octanol–water partition coefficient (Wildman–Crippen LogP) is 2.12. The number of aromatic nitrogens is 2. The summed E-state index contributed by atoms with van der Waals surface area (Å²) in [4.78, 5) is 14.5. The number of aliphatic hydroxyl groups excluding tert-OH is 1. The maximum atomic E-state index is 12.1. The number of thiophene rings is 1. The van der Waals surface area contributed by atoms with Crippen molar-refractivity contribution in [2.75, 3.05) is 6.61 Å². The van der Waals surface area contributed by atoms with Gasteiger partial charge in [0.05, 0.1) is 31.9 Å². The average molecular weight is 334 g/mol. The Morgan fingerprint density at radius 1 is 1.52 bits per heavy atom. The van der Waals surface area contributed by atoms with Gasteiger partial charge in [-0.2, -0.15) is 5.10 Å². The first-order valence-corrected chi connectivity index (χ1v) is 8.74. The molecule has 2 amide bonds. The van der Waals surface area contributed by atoms with Gasteiger partial charge < -0.3 is 15.7 Å². The van der Waals surface area contributed by atoms with E-state index in [9.17, 15) is 4.79 Å². The average Bonchev–Trinajstić information content (AvgIpc) is 3.13. The van der Waals surface area contributed by atoms with Crippen molar-refractivity contribution in [3.8, 4) is 0 Å². The van der Waals surface area contributed by atoms with Crippen LogP contribution in [0.4, 0.5) is 4.79 Å². The molecule has 0 fully saturated rings. The lowest BCUT2D eigenvalue weighted by molar-refractivity contribution is 0.235. The van der Waals surface area contributed by atoms with E-state index < -0.39 is 0 Å². The molecule has 23 heavy (non-hydrogen) atoms. The van der Waals surface area contributed by atoms with Crippen molar-refractivity contribution < 1.29 is 9.90 Å². The minimum atomic E-state index is -0.149. The molecular weight excluding hydrogens is 312 g/mol. The monoisotopic (exact) mass is 334 g/mol. The number of nitrogens with one attached hydrogen (secondary N) is 2. The Balaban J connectivity index is 1.59. The van der Waals surface area contributed by atoms with Crippen LogP contribution in [0.5, 0.6) is 0 Å². The Morgan fingerprint density at radius 2 is 2.39 bits per heavy atom. The predicted molar refractivity (Wildman–Crippen MR) is 89.4 cm³/mol. The summed E-state index contributed by atoms with van der Waals surface area (Å²) < 4.78 is 1.84. The Bertz CT molecular complexity index is 679. The molecule has 0 saturated carbocycles. The van der Waals surface area contributed by atoms with Gasteiger partial charge in [-0.1, -0.05) is 0 Å². The van der Waals surface area contributed by atoms with Crippen LogP contribution in [0.3, 0.4) is 0 Å². The summed E-state index contributed by atoms with van der Waals surface area (Å²) in [5.74, 6) is 0. The number of hydrogen-bond acceptors (Lipinski definition) is 4. The molecule has 2 heterocycles. The number of rotatable bonds is 5. The fourth-order valence-electron chi connectivity index (χ4n) is 3.01. The summed E-state index contributed by atoms with van der Waals surface area (Å²) >= 11 is 1.69. The van der Waals surface area contributed by atoms with Crippen LogP contribution in [-0.4, -0.2) is 27.5 Å². The minimum absolute atomic E-state index is 0.00346. The van der Waals surface area contributed by atoms with Gasteiger partial charge in [0, 0.05) is 21.0 Å². The van der Waals surface area contributed by atoms with E-state index in [0.717, 1.165) is 35.4 Å². The Hall–Kier alpha value is -1.86. The molecule has 0 aromatic carbocycles. The van der Waals surface area contributed by atoms with E-state index in [4.69, 9.17) is 5.11 Å².